The lowest BCUT2D eigenvalue weighted by Crippen LogP contribution is -2.47. The van der Waals surface area contributed by atoms with Crippen LogP contribution in [0, 0.1) is 19.8 Å². The van der Waals surface area contributed by atoms with Crippen LogP contribution in [0.15, 0.2) is 18.2 Å². The van der Waals surface area contributed by atoms with Crippen LogP contribution in [-0.2, 0) is 4.74 Å². The van der Waals surface area contributed by atoms with Gasteiger partial charge in [-0.25, -0.2) is 0 Å². The third-order valence-corrected chi connectivity index (χ3v) is 5.25. The van der Waals surface area contributed by atoms with E-state index in [9.17, 15) is 5.11 Å². The maximum Gasteiger partial charge on any atom is 0.122 e. The summed E-state index contributed by atoms with van der Waals surface area (Å²) in [6.45, 7) is 8.28. The Balaban J connectivity index is 1.53. The van der Waals surface area contributed by atoms with Crippen LogP contribution in [0.4, 0.5) is 0 Å². The highest BCUT2D eigenvalue weighted by atomic mass is 16.5. The molecule has 0 radical (unpaired) electrons. The lowest BCUT2D eigenvalue weighted by atomic mass is 9.89. The fraction of sp³-hybridized carbons (Fsp3) is 0.684. The molecule has 4 nitrogen and oxygen atoms in total. The molecular weight excluding hydrogens is 290 g/mol. The largest absolute Gasteiger partial charge is 0.492 e. The summed E-state index contributed by atoms with van der Waals surface area (Å²) >= 11 is 0. The summed E-state index contributed by atoms with van der Waals surface area (Å²) in [5.74, 6) is 1.24. The second-order valence-corrected chi connectivity index (χ2v) is 6.96. The Morgan fingerprint density at radius 3 is 3.00 bits per heavy atom. The third kappa shape index (κ3) is 4.06. The Hall–Kier alpha value is -1.10. The van der Waals surface area contributed by atoms with Gasteiger partial charge in [0.05, 0.1) is 12.7 Å². The van der Waals surface area contributed by atoms with E-state index in [1.54, 1.807) is 0 Å². The molecule has 2 saturated heterocycles. The summed E-state index contributed by atoms with van der Waals surface area (Å²) in [5.41, 5.74) is 2.41. The fourth-order valence-corrected chi connectivity index (χ4v) is 3.87. The molecule has 4 heteroatoms. The van der Waals surface area contributed by atoms with Crippen molar-refractivity contribution >= 4 is 0 Å². The Labute approximate surface area is 139 Å². The fourth-order valence-electron chi connectivity index (χ4n) is 3.87. The molecule has 0 bridgehead atoms. The Kier molecular flexibility index (Phi) is 5.57. The van der Waals surface area contributed by atoms with Crippen LogP contribution in [0.2, 0.25) is 0 Å². The van der Waals surface area contributed by atoms with E-state index < -0.39 is 0 Å². The molecule has 1 aromatic rings. The monoisotopic (exact) mass is 319 g/mol. The van der Waals surface area contributed by atoms with Crippen LogP contribution < -0.4 is 4.74 Å². The van der Waals surface area contributed by atoms with Crippen LogP contribution >= 0.6 is 0 Å². The van der Waals surface area contributed by atoms with E-state index in [2.05, 4.69) is 36.9 Å². The summed E-state index contributed by atoms with van der Waals surface area (Å²) in [7, 11) is 0. The molecule has 0 aliphatic carbocycles. The molecule has 0 spiro atoms. The molecule has 3 rings (SSSR count). The van der Waals surface area contributed by atoms with Gasteiger partial charge in [-0.15, -0.1) is 0 Å². The van der Waals surface area contributed by atoms with E-state index in [-0.39, 0.29) is 12.0 Å². The normalized spacial score (nSPS) is 28.9. The summed E-state index contributed by atoms with van der Waals surface area (Å²) in [5, 5.41) is 10.3. The minimum Gasteiger partial charge on any atom is -0.492 e. The Morgan fingerprint density at radius 1 is 1.30 bits per heavy atom. The van der Waals surface area contributed by atoms with Crippen LogP contribution in [0.25, 0.3) is 0 Å². The van der Waals surface area contributed by atoms with E-state index in [1.807, 2.05) is 0 Å². The minimum atomic E-state index is -0.214. The van der Waals surface area contributed by atoms with Crippen molar-refractivity contribution in [2.24, 2.45) is 5.92 Å². The molecule has 2 aliphatic heterocycles. The first-order valence-electron chi connectivity index (χ1n) is 8.85. The summed E-state index contributed by atoms with van der Waals surface area (Å²) < 4.78 is 11.6. The number of nitrogens with zero attached hydrogens (tertiary/aromatic N) is 1. The van der Waals surface area contributed by atoms with Crippen molar-refractivity contribution in [1.29, 1.82) is 0 Å². The van der Waals surface area contributed by atoms with Crippen LogP contribution in [-0.4, -0.2) is 55.1 Å². The van der Waals surface area contributed by atoms with Gasteiger partial charge in [-0.2, -0.15) is 0 Å². The lowest BCUT2D eigenvalue weighted by Gasteiger charge is -2.37. The quantitative estimate of drug-likeness (QED) is 0.906. The molecule has 0 aromatic heterocycles. The van der Waals surface area contributed by atoms with Crippen molar-refractivity contribution in [3.05, 3.63) is 29.3 Å². The number of aliphatic hydroxyl groups is 1. The second-order valence-electron chi connectivity index (χ2n) is 6.96. The number of hydrogen-bond donors (Lipinski definition) is 1. The van der Waals surface area contributed by atoms with Crippen molar-refractivity contribution in [2.45, 2.75) is 45.3 Å². The van der Waals surface area contributed by atoms with Gasteiger partial charge in [0.2, 0.25) is 0 Å². The summed E-state index contributed by atoms with van der Waals surface area (Å²) in [6.07, 6.45) is 2.93. The van der Waals surface area contributed by atoms with Gasteiger partial charge < -0.3 is 14.6 Å². The Morgan fingerprint density at radius 2 is 2.17 bits per heavy atom. The molecule has 23 heavy (non-hydrogen) atoms. The molecule has 1 aromatic carbocycles. The van der Waals surface area contributed by atoms with E-state index in [4.69, 9.17) is 9.47 Å². The average Bonchev–Trinajstić information content (AvgIpc) is 2.99. The maximum atomic E-state index is 10.3. The lowest BCUT2D eigenvalue weighted by molar-refractivity contribution is -0.0634. The molecule has 0 amide bonds. The van der Waals surface area contributed by atoms with Crippen LogP contribution in [0.5, 0.6) is 5.75 Å². The summed E-state index contributed by atoms with van der Waals surface area (Å²) in [6, 6.07) is 6.77. The molecule has 3 atom stereocenters. The number of ether oxygens (including phenoxy) is 2. The van der Waals surface area contributed by atoms with E-state index >= 15 is 0 Å². The average molecular weight is 319 g/mol. The molecule has 2 heterocycles. The highest BCUT2D eigenvalue weighted by molar-refractivity contribution is 5.35. The SMILES string of the molecule is Cc1ccc(C)c(OCCN2CCC[C@@H]2[C@@H]2COCC[C@H]2O)c1. The van der Waals surface area contributed by atoms with Gasteiger partial charge in [0.25, 0.3) is 0 Å². The van der Waals surface area contributed by atoms with Gasteiger partial charge >= 0.3 is 0 Å². The number of hydrogen-bond acceptors (Lipinski definition) is 4. The number of aryl methyl sites for hydroxylation is 2. The van der Waals surface area contributed by atoms with Gasteiger partial charge in [0.1, 0.15) is 12.4 Å². The number of benzene rings is 1. The zero-order chi connectivity index (χ0) is 16.2. The smallest absolute Gasteiger partial charge is 0.122 e. The first-order chi connectivity index (χ1) is 11.1. The molecule has 2 fully saturated rings. The van der Waals surface area contributed by atoms with E-state index in [1.165, 1.54) is 17.5 Å². The molecule has 1 N–H and O–H groups in total. The van der Waals surface area contributed by atoms with Crippen LogP contribution in [0.3, 0.4) is 0 Å². The van der Waals surface area contributed by atoms with Gasteiger partial charge in [0, 0.05) is 25.1 Å². The second kappa shape index (κ2) is 7.65. The predicted octanol–water partition coefficient (Wildman–Crippen LogP) is 2.54. The van der Waals surface area contributed by atoms with Gasteiger partial charge in [0.15, 0.2) is 0 Å². The minimum absolute atomic E-state index is 0.214. The highest BCUT2D eigenvalue weighted by Gasteiger charge is 2.37. The van der Waals surface area contributed by atoms with Crippen molar-refractivity contribution in [3.8, 4) is 5.75 Å². The molecular formula is C19H29NO3. The van der Waals surface area contributed by atoms with Crippen molar-refractivity contribution in [2.75, 3.05) is 32.9 Å². The number of likely N-dealkylation sites (tertiary alicyclic amines) is 1. The zero-order valence-corrected chi connectivity index (χ0v) is 14.3. The van der Waals surface area contributed by atoms with Gasteiger partial charge in [-0.05, 0) is 56.8 Å². The topological polar surface area (TPSA) is 41.9 Å². The van der Waals surface area contributed by atoms with Crippen molar-refractivity contribution < 1.29 is 14.6 Å². The Bertz CT molecular complexity index is 519. The molecule has 128 valence electrons. The van der Waals surface area contributed by atoms with Crippen molar-refractivity contribution in [3.63, 3.8) is 0 Å². The first-order valence-corrected chi connectivity index (χ1v) is 8.85. The zero-order valence-electron chi connectivity index (χ0n) is 14.3. The molecule has 2 aliphatic rings. The highest BCUT2D eigenvalue weighted by Crippen LogP contribution is 2.29. The summed E-state index contributed by atoms with van der Waals surface area (Å²) in [4.78, 5) is 2.48. The predicted molar refractivity (Wildman–Crippen MR) is 90.9 cm³/mol. The van der Waals surface area contributed by atoms with E-state index in [0.717, 1.165) is 31.7 Å². The standard InChI is InChI=1S/C19H29NO3/c1-14-5-6-15(2)19(12-14)23-11-9-20-8-3-4-17(20)16-13-22-10-7-18(16)21/h5-6,12,16-18,21H,3-4,7-11,13H2,1-2H3/t16-,17+,18+/m0/s1. The van der Waals surface area contributed by atoms with Gasteiger partial charge in [-0.3, -0.25) is 4.90 Å². The van der Waals surface area contributed by atoms with Gasteiger partial charge in [-0.1, -0.05) is 12.1 Å². The molecule has 0 saturated carbocycles. The van der Waals surface area contributed by atoms with E-state index in [0.29, 0.717) is 25.9 Å². The first kappa shape index (κ1) is 16.7. The number of aliphatic hydroxyl groups excluding tert-OH is 1. The molecule has 0 unspecified atom stereocenters. The third-order valence-electron chi connectivity index (χ3n) is 5.25. The van der Waals surface area contributed by atoms with Crippen molar-refractivity contribution in [1.82, 2.24) is 4.90 Å². The van der Waals surface area contributed by atoms with Crippen LogP contribution in [0.1, 0.15) is 30.4 Å². The number of rotatable bonds is 5. The maximum absolute atomic E-state index is 10.3.